The number of carbonyl (C=O) groups is 1. The summed E-state index contributed by atoms with van der Waals surface area (Å²) in [6.45, 7) is 7.32. The Balaban J connectivity index is 3.99. The van der Waals surface area contributed by atoms with Gasteiger partial charge < -0.3 is 16.4 Å². The van der Waals surface area contributed by atoms with Crippen LogP contribution in [0.3, 0.4) is 0 Å². The van der Waals surface area contributed by atoms with Gasteiger partial charge in [0, 0.05) is 26.1 Å². The van der Waals surface area contributed by atoms with E-state index in [0.717, 1.165) is 25.9 Å². The number of unbranched alkanes of at least 4 members (excludes halogenated alkanes) is 29. The van der Waals surface area contributed by atoms with Gasteiger partial charge in [-0.2, -0.15) is 0 Å². The van der Waals surface area contributed by atoms with Crippen LogP contribution >= 0.6 is 0 Å². The first-order chi connectivity index (χ1) is 22.1. The molecule has 0 saturated heterocycles. The molecule has 4 N–H and O–H groups in total. The number of aliphatic imine (C=N–C) groups is 1. The van der Waals surface area contributed by atoms with Crippen LogP contribution in [0.5, 0.6) is 0 Å². The van der Waals surface area contributed by atoms with Gasteiger partial charge in [0.1, 0.15) is 0 Å². The molecule has 0 radical (unpaired) electrons. The molecule has 0 aromatic rings. The van der Waals surface area contributed by atoms with Crippen molar-refractivity contribution in [2.75, 3.05) is 19.6 Å². The molecule has 5 heteroatoms. The van der Waals surface area contributed by atoms with E-state index in [9.17, 15) is 4.79 Å². The number of nitrogens with two attached hydrogens (primary N) is 2. The van der Waals surface area contributed by atoms with Gasteiger partial charge in [-0.15, -0.1) is 0 Å². The van der Waals surface area contributed by atoms with E-state index in [-0.39, 0.29) is 5.91 Å². The van der Waals surface area contributed by atoms with E-state index in [1.807, 2.05) is 0 Å². The van der Waals surface area contributed by atoms with E-state index in [0.29, 0.717) is 18.9 Å². The molecule has 0 saturated carbocycles. The molecule has 0 unspecified atom stereocenters. The lowest BCUT2D eigenvalue weighted by atomic mass is 10.0. The molecule has 45 heavy (non-hydrogen) atoms. The third-order valence-corrected chi connectivity index (χ3v) is 9.49. The topological polar surface area (TPSA) is 84.7 Å². The number of nitrogens with zero attached hydrogens (tertiary/aromatic N) is 2. The highest BCUT2D eigenvalue weighted by molar-refractivity contribution is 5.78. The number of hydrogen-bond donors (Lipinski definition) is 2. The van der Waals surface area contributed by atoms with Crippen molar-refractivity contribution in [1.82, 2.24) is 4.90 Å². The summed E-state index contributed by atoms with van der Waals surface area (Å²) in [7, 11) is 0. The van der Waals surface area contributed by atoms with E-state index >= 15 is 0 Å². The maximum atomic E-state index is 11.0. The second-order valence-corrected chi connectivity index (χ2v) is 14.0. The fourth-order valence-corrected chi connectivity index (χ4v) is 6.39. The summed E-state index contributed by atoms with van der Waals surface area (Å²) in [5, 5.41) is 0. The zero-order valence-electron chi connectivity index (χ0n) is 30.9. The summed E-state index contributed by atoms with van der Waals surface area (Å²) in [6, 6.07) is 0. The van der Waals surface area contributed by atoms with Gasteiger partial charge in [-0.25, -0.2) is 0 Å². The van der Waals surface area contributed by atoms with Crippen LogP contribution in [0.2, 0.25) is 0 Å². The summed E-state index contributed by atoms with van der Waals surface area (Å²) < 4.78 is 0. The molecule has 0 rings (SSSR count). The number of guanidine groups is 1. The summed E-state index contributed by atoms with van der Waals surface area (Å²) in [4.78, 5) is 18.0. The monoisotopic (exact) mass is 635 g/mol. The van der Waals surface area contributed by atoms with E-state index in [2.05, 4.69) is 23.7 Å². The molecule has 0 aliphatic rings. The van der Waals surface area contributed by atoms with Gasteiger partial charge in [0.15, 0.2) is 5.96 Å². The van der Waals surface area contributed by atoms with Gasteiger partial charge in [0.05, 0.1) is 0 Å². The summed E-state index contributed by atoms with van der Waals surface area (Å²) in [5.41, 5.74) is 11.7. The Morgan fingerprint density at radius 3 is 1.00 bits per heavy atom. The van der Waals surface area contributed by atoms with Crippen LogP contribution in [0.4, 0.5) is 0 Å². The van der Waals surface area contributed by atoms with Gasteiger partial charge in [-0.3, -0.25) is 9.79 Å². The zero-order valence-corrected chi connectivity index (χ0v) is 30.9. The van der Waals surface area contributed by atoms with E-state index in [4.69, 9.17) is 11.5 Å². The quantitative estimate of drug-likeness (QED) is 0.0405. The lowest BCUT2D eigenvalue weighted by molar-refractivity contribution is -0.118. The second-order valence-electron chi connectivity index (χ2n) is 14.0. The maximum Gasteiger partial charge on any atom is 0.217 e. The van der Waals surface area contributed by atoms with Crippen LogP contribution in [-0.2, 0) is 4.79 Å². The van der Waals surface area contributed by atoms with E-state index in [1.165, 1.54) is 193 Å². The molecule has 0 bridgehead atoms. The van der Waals surface area contributed by atoms with Crippen LogP contribution in [0, 0.1) is 0 Å². The standard InChI is InChI=1S/C40H82N4O/c1-3-5-7-9-11-13-15-17-19-21-23-25-27-29-33-37-44(40(42)43-36-32-31-35-39(41)45)38-34-30-28-26-24-22-20-18-16-14-12-10-8-6-4-2/h3-38H2,1-2H3,(H2,41,45)(H2,42,43). The molecule has 0 aliphatic carbocycles. The minimum atomic E-state index is -0.227. The molecule has 268 valence electrons. The highest BCUT2D eigenvalue weighted by atomic mass is 16.1. The van der Waals surface area contributed by atoms with Crippen molar-refractivity contribution in [3.05, 3.63) is 0 Å². The molecular formula is C40H82N4O. The molecule has 0 aliphatic heterocycles. The average molecular weight is 635 g/mol. The minimum absolute atomic E-state index is 0.227. The molecule has 0 aromatic heterocycles. The lowest BCUT2D eigenvalue weighted by Crippen LogP contribution is -2.39. The van der Waals surface area contributed by atoms with Crippen molar-refractivity contribution in [3.8, 4) is 0 Å². The smallest absolute Gasteiger partial charge is 0.217 e. The largest absolute Gasteiger partial charge is 0.370 e. The normalized spacial score (nSPS) is 11.8. The Morgan fingerprint density at radius 1 is 0.422 bits per heavy atom. The third-order valence-electron chi connectivity index (χ3n) is 9.49. The molecular weight excluding hydrogens is 552 g/mol. The second kappa shape index (κ2) is 37.2. The van der Waals surface area contributed by atoms with Crippen molar-refractivity contribution in [1.29, 1.82) is 0 Å². The molecule has 5 nitrogen and oxygen atoms in total. The molecule has 0 aromatic carbocycles. The van der Waals surface area contributed by atoms with Gasteiger partial charge in [-0.1, -0.05) is 194 Å². The van der Waals surface area contributed by atoms with Gasteiger partial charge in [-0.05, 0) is 25.7 Å². The summed E-state index contributed by atoms with van der Waals surface area (Å²) in [5.74, 6) is 0.472. The van der Waals surface area contributed by atoms with Crippen molar-refractivity contribution in [2.45, 2.75) is 226 Å². The fraction of sp³-hybridized carbons (Fsp3) is 0.950. The first kappa shape index (κ1) is 43.7. The number of carbonyl (C=O) groups excluding carboxylic acids is 1. The minimum Gasteiger partial charge on any atom is -0.370 e. The highest BCUT2D eigenvalue weighted by Crippen LogP contribution is 2.15. The number of amides is 1. The van der Waals surface area contributed by atoms with Crippen molar-refractivity contribution in [2.24, 2.45) is 16.5 Å². The summed E-state index contributed by atoms with van der Waals surface area (Å²) in [6.07, 6.45) is 43.8. The third kappa shape index (κ3) is 35.4. The Bertz CT molecular complexity index is 589. The predicted octanol–water partition coefficient (Wildman–Crippen LogP) is 12.0. The van der Waals surface area contributed by atoms with Crippen molar-refractivity contribution < 1.29 is 4.79 Å². The molecule has 0 atom stereocenters. The van der Waals surface area contributed by atoms with E-state index < -0.39 is 0 Å². The first-order valence-corrected chi connectivity index (χ1v) is 20.4. The summed E-state index contributed by atoms with van der Waals surface area (Å²) >= 11 is 0. The number of rotatable bonds is 37. The molecule has 1 amide bonds. The fourth-order valence-electron chi connectivity index (χ4n) is 6.39. The molecule has 0 fully saturated rings. The lowest BCUT2D eigenvalue weighted by Gasteiger charge is -2.24. The van der Waals surface area contributed by atoms with Crippen LogP contribution in [0.25, 0.3) is 0 Å². The van der Waals surface area contributed by atoms with Crippen LogP contribution in [-0.4, -0.2) is 36.4 Å². The Hall–Kier alpha value is -1.26. The van der Waals surface area contributed by atoms with Gasteiger partial charge in [0.2, 0.25) is 5.91 Å². The van der Waals surface area contributed by atoms with Crippen LogP contribution in [0.1, 0.15) is 226 Å². The Labute approximate surface area is 282 Å². The van der Waals surface area contributed by atoms with Crippen molar-refractivity contribution >= 4 is 11.9 Å². The number of primary amides is 1. The highest BCUT2D eigenvalue weighted by Gasteiger charge is 2.08. The maximum absolute atomic E-state index is 11.0. The van der Waals surface area contributed by atoms with Gasteiger partial charge in [0.25, 0.3) is 0 Å². The average Bonchev–Trinajstić information content (AvgIpc) is 3.03. The molecule has 0 spiro atoms. The SMILES string of the molecule is CCCCCCCCCCCCCCCCCN(CCCCCCCCCCCCCCCCC)C(N)=NCCCCC(N)=O. The molecule has 0 heterocycles. The number of hydrogen-bond acceptors (Lipinski definition) is 2. The van der Waals surface area contributed by atoms with Crippen molar-refractivity contribution in [3.63, 3.8) is 0 Å². The first-order valence-electron chi connectivity index (χ1n) is 20.4. The zero-order chi connectivity index (χ0) is 32.9. The Kier molecular flexibility index (Phi) is 36.2. The van der Waals surface area contributed by atoms with Crippen LogP contribution < -0.4 is 11.5 Å². The Morgan fingerprint density at radius 2 is 0.711 bits per heavy atom. The predicted molar refractivity (Wildman–Crippen MR) is 201 cm³/mol. The van der Waals surface area contributed by atoms with Gasteiger partial charge >= 0.3 is 0 Å². The van der Waals surface area contributed by atoms with Crippen LogP contribution in [0.15, 0.2) is 4.99 Å². The van der Waals surface area contributed by atoms with E-state index in [1.54, 1.807) is 0 Å².